The van der Waals surface area contributed by atoms with E-state index >= 15 is 0 Å². The molecule has 2 atom stereocenters. The van der Waals surface area contributed by atoms with Crippen LogP contribution >= 0.6 is 0 Å². The van der Waals surface area contributed by atoms with Crippen molar-refractivity contribution in [1.29, 1.82) is 0 Å². The molecule has 0 spiro atoms. The van der Waals surface area contributed by atoms with Gasteiger partial charge in [-0.2, -0.15) is 0 Å². The van der Waals surface area contributed by atoms with Gasteiger partial charge >= 0.3 is 0 Å². The van der Waals surface area contributed by atoms with Crippen LogP contribution in [0.3, 0.4) is 0 Å². The predicted molar refractivity (Wildman–Crippen MR) is 52.7 cm³/mol. The first-order chi connectivity index (χ1) is 6.38. The minimum atomic E-state index is 0.0466. The van der Waals surface area contributed by atoms with Crippen LogP contribution in [0.15, 0.2) is 12.2 Å². The second-order valence-corrected chi connectivity index (χ2v) is 3.31. The van der Waals surface area contributed by atoms with Crippen LogP contribution in [0.2, 0.25) is 0 Å². The fourth-order valence-electron chi connectivity index (χ4n) is 1.38. The van der Waals surface area contributed by atoms with E-state index in [-0.39, 0.29) is 18.8 Å². The maximum absolute atomic E-state index is 9.04. The van der Waals surface area contributed by atoms with E-state index in [1.54, 1.807) is 0 Å². The number of rotatable bonds is 5. The zero-order chi connectivity index (χ0) is 9.52. The summed E-state index contributed by atoms with van der Waals surface area (Å²) < 4.78 is 5.62. The Labute approximate surface area is 79.8 Å². The maximum atomic E-state index is 9.04. The Kier molecular flexibility index (Phi) is 5.05. The van der Waals surface area contributed by atoms with Gasteiger partial charge in [-0.15, -0.1) is 0 Å². The molecule has 0 aromatic carbocycles. The van der Waals surface area contributed by atoms with Crippen molar-refractivity contribution < 1.29 is 9.84 Å². The predicted octanol–water partition coefficient (Wildman–Crippen LogP) is 0.692. The van der Waals surface area contributed by atoms with Gasteiger partial charge in [0, 0.05) is 13.2 Å². The molecule has 1 heterocycles. The lowest BCUT2D eigenvalue weighted by Crippen LogP contribution is -2.46. The topological polar surface area (TPSA) is 41.5 Å². The van der Waals surface area contributed by atoms with Crippen molar-refractivity contribution >= 4 is 0 Å². The molecule has 76 valence electrons. The molecule has 0 aromatic heterocycles. The fourth-order valence-corrected chi connectivity index (χ4v) is 1.38. The first-order valence-electron chi connectivity index (χ1n) is 5.01. The Hall–Kier alpha value is -0.380. The fraction of sp³-hybridized carbons (Fsp3) is 0.800. The highest BCUT2D eigenvalue weighted by Crippen LogP contribution is 2.06. The first kappa shape index (κ1) is 10.7. The van der Waals surface area contributed by atoms with Gasteiger partial charge < -0.3 is 15.2 Å². The lowest BCUT2D eigenvalue weighted by Gasteiger charge is -2.27. The van der Waals surface area contributed by atoms with Crippen molar-refractivity contribution in [3.05, 3.63) is 12.2 Å². The van der Waals surface area contributed by atoms with E-state index in [4.69, 9.17) is 9.84 Å². The average molecular weight is 185 g/mol. The number of aliphatic hydroxyl groups is 1. The number of nitrogens with one attached hydrogen (secondary N) is 1. The number of aliphatic hydroxyl groups excluding tert-OH is 1. The molecule has 0 aromatic rings. The number of unbranched alkanes of at least 4 members (excludes halogenated alkanes) is 1. The molecule has 0 fully saturated rings. The molecule has 2 unspecified atom stereocenters. The number of ether oxygens (including phenoxy) is 1. The highest BCUT2D eigenvalue weighted by molar-refractivity contribution is 5.02. The third kappa shape index (κ3) is 3.46. The molecule has 0 radical (unpaired) electrons. The van der Waals surface area contributed by atoms with E-state index in [1.165, 1.54) is 0 Å². The normalized spacial score (nSPS) is 27.8. The first-order valence-corrected chi connectivity index (χ1v) is 5.01. The van der Waals surface area contributed by atoms with Crippen LogP contribution in [0.1, 0.15) is 19.8 Å². The molecule has 3 nitrogen and oxygen atoms in total. The molecule has 1 aliphatic heterocycles. The minimum Gasteiger partial charge on any atom is -0.395 e. The smallest absolute Gasteiger partial charge is 0.0931 e. The standard InChI is InChI=1S/C10H19NO2/c1-2-3-7-13-10-5-4-6-11-9(10)8-12/h4-5,9-12H,2-3,6-8H2,1H3. The third-order valence-electron chi connectivity index (χ3n) is 2.23. The summed E-state index contributed by atoms with van der Waals surface area (Å²) in [6, 6.07) is 0.0712. The highest BCUT2D eigenvalue weighted by atomic mass is 16.5. The maximum Gasteiger partial charge on any atom is 0.0931 e. The highest BCUT2D eigenvalue weighted by Gasteiger charge is 2.20. The Balaban J connectivity index is 2.27. The molecule has 13 heavy (non-hydrogen) atoms. The van der Waals surface area contributed by atoms with Crippen molar-refractivity contribution in [3.63, 3.8) is 0 Å². The Morgan fingerprint density at radius 1 is 1.62 bits per heavy atom. The van der Waals surface area contributed by atoms with E-state index in [0.717, 1.165) is 26.0 Å². The Bertz CT molecular complexity index is 159. The van der Waals surface area contributed by atoms with E-state index in [0.29, 0.717) is 0 Å². The largest absolute Gasteiger partial charge is 0.395 e. The van der Waals surface area contributed by atoms with Gasteiger partial charge in [-0.05, 0) is 6.42 Å². The summed E-state index contributed by atoms with van der Waals surface area (Å²) in [5.41, 5.74) is 0. The van der Waals surface area contributed by atoms with Crippen molar-refractivity contribution in [2.45, 2.75) is 31.9 Å². The molecule has 2 N–H and O–H groups in total. The Morgan fingerprint density at radius 3 is 3.15 bits per heavy atom. The summed E-state index contributed by atoms with van der Waals surface area (Å²) in [4.78, 5) is 0. The molecular weight excluding hydrogens is 166 g/mol. The lowest BCUT2D eigenvalue weighted by molar-refractivity contribution is 0.0362. The van der Waals surface area contributed by atoms with Crippen LogP contribution in [0.25, 0.3) is 0 Å². The van der Waals surface area contributed by atoms with E-state index in [2.05, 4.69) is 12.2 Å². The van der Waals surface area contributed by atoms with Crippen LogP contribution in [0.5, 0.6) is 0 Å². The van der Waals surface area contributed by atoms with Gasteiger partial charge in [-0.25, -0.2) is 0 Å². The molecule has 0 saturated heterocycles. The van der Waals surface area contributed by atoms with E-state index in [1.807, 2.05) is 12.2 Å². The molecule has 3 heteroatoms. The molecular formula is C10H19NO2. The second-order valence-electron chi connectivity index (χ2n) is 3.31. The van der Waals surface area contributed by atoms with Crippen LogP contribution in [-0.4, -0.2) is 37.0 Å². The van der Waals surface area contributed by atoms with Gasteiger partial charge in [0.25, 0.3) is 0 Å². The van der Waals surface area contributed by atoms with Crippen LogP contribution in [0, 0.1) is 0 Å². The minimum absolute atomic E-state index is 0.0466. The van der Waals surface area contributed by atoms with Gasteiger partial charge in [-0.1, -0.05) is 25.5 Å². The molecule has 0 aliphatic carbocycles. The molecule has 0 amide bonds. The quantitative estimate of drug-likeness (QED) is 0.489. The average Bonchev–Trinajstić information content (AvgIpc) is 2.19. The monoisotopic (exact) mass is 185 g/mol. The van der Waals surface area contributed by atoms with Gasteiger partial charge in [0.1, 0.15) is 0 Å². The van der Waals surface area contributed by atoms with E-state index in [9.17, 15) is 0 Å². The zero-order valence-corrected chi connectivity index (χ0v) is 8.20. The lowest BCUT2D eigenvalue weighted by atomic mass is 10.1. The SMILES string of the molecule is CCCCOC1C=CCNC1CO. The van der Waals surface area contributed by atoms with Crippen LogP contribution in [0.4, 0.5) is 0 Å². The number of hydrogen-bond acceptors (Lipinski definition) is 3. The molecule has 1 aliphatic rings. The third-order valence-corrected chi connectivity index (χ3v) is 2.23. The van der Waals surface area contributed by atoms with Gasteiger partial charge in [-0.3, -0.25) is 0 Å². The summed E-state index contributed by atoms with van der Waals surface area (Å²) in [6.45, 7) is 3.89. The zero-order valence-electron chi connectivity index (χ0n) is 8.20. The van der Waals surface area contributed by atoms with Gasteiger partial charge in [0.15, 0.2) is 0 Å². The van der Waals surface area contributed by atoms with Crippen molar-refractivity contribution in [3.8, 4) is 0 Å². The summed E-state index contributed by atoms with van der Waals surface area (Å²) in [7, 11) is 0. The van der Waals surface area contributed by atoms with Gasteiger partial charge in [0.05, 0.1) is 18.8 Å². The summed E-state index contributed by atoms with van der Waals surface area (Å²) >= 11 is 0. The number of hydrogen-bond donors (Lipinski definition) is 2. The molecule has 0 bridgehead atoms. The second kappa shape index (κ2) is 6.13. The van der Waals surface area contributed by atoms with Crippen LogP contribution in [-0.2, 0) is 4.74 Å². The van der Waals surface area contributed by atoms with Crippen molar-refractivity contribution in [2.24, 2.45) is 0 Å². The van der Waals surface area contributed by atoms with Crippen molar-refractivity contribution in [1.82, 2.24) is 5.32 Å². The van der Waals surface area contributed by atoms with E-state index < -0.39 is 0 Å². The molecule has 1 rings (SSSR count). The summed E-state index contributed by atoms with van der Waals surface area (Å²) in [5.74, 6) is 0. The van der Waals surface area contributed by atoms with Crippen LogP contribution < -0.4 is 5.32 Å². The van der Waals surface area contributed by atoms with Crippen molar-refractivity contribution in [2.75, 3.05) is 19.8 Å². The van der Waals surface area contributed by atoms with Gasteiger partial charge in [0.2, 0.25) is 0 Å². The summed E-state index contributed by atoms with van der Waals surface area (Å²) in [5, 5.41) is 12.2. The molecule has 0 saturated carbocycles. The summed E-state index contributed by atoms with van der Waals surface area (Å²) in [6.07, 6.45) is 6.36. The Morgan fingerprint density at radius 2 is 2.46 bits per heavy atom.